The molecular weight excluding hydrogens is 292 g/mol. The quantitative estimate of drug-likeness (QED) is 0.919. The number of methoxy groups -OCH3 is 1. The zero-order valence-corrected chi connectivity index (χ0v) is 13.4. The van der Waals surface area contributed by atoms with Gasteiger partial charge in [-0.25, -0.2) is 0 Å². The van der Waals surface area contributed by atoms with Crippen LogP contribution in [0, 0.1) is 0 Å². The smallest absolute Gasteiger partial charge is 0.203 e. The van der Waals surface area contributed by atoms with Crippen molar-refractivity contribution in [3.8, 4) is 17.2 Å². The summed E-state index contributed by atoms with van der Waals surface area (Å²) in [7, 11) is 1.67. The SMILES string of the molecule is COc1cc(CN2CCN[C@@H](C)C2)cc2c1OCCO2.Cl. The molecule has 2 heterocycles. The Morgan fingerprint density at radius 2 is 2.14 bits per heavy atom. The van der Waals surface area contributed by atoms with Gasteiger partial charge in [0, 0.05) is 32.2 Å². The minimum atomic E-state index is 0. The van der Waals surface area contributed by atoms with Crippen LogP contribution in [0.4, 0.5) is 0 Å². The van der Waals surface area contributed by atoms with E-state index >= 15 is 0 Å². The molecule has 1 N–H and O–H groups in total. The zero-order valence-electron chi connectivity index (χ0n) is 12.6. The fourth-order valence-electron chi connectivity index (χ4n) is 2.83. The molecule has 21 heavy (non-hydrogen) atoms. The number of rotatable bonds is 3. The summed E-state index contributed by atoms with van der Waals surface area (Å²) in [6.07, 6.45) is 0. The Labute approximate surface area is 132 Å². The molecule has 0 aliphatic carbocycles. The summed E-state index contributed by atoms with van der Waals surface area (Å²) < 4.78 is 16.7. The minimum absolute atomic E-state index is 0. The average molecular weight is 315 g/mol. The lowest BCUT2D eigenvalue weighted by Gasteiger charge is -2.32. The van der Waals surface area contributed by atoms with Gasteiger partial charge >= 0.3 is 0 Å². The van der Waals surface area contributed by atoms with Crippen LogP contribution < -0.4 is 19.5 Å². The van der Waals surface area contributed by atoms with Crippen molar-refractivity contribution in [2.75, 3.05) is 40.0 Å². The summed E-state index contributed by atoms with van der Waals surface area (Å²) in [4.78, 5) is 2.45. The molecule has 1 atom stereocenters. The van der Waals surface area contributed by atoms with E-state index < -0.39 is 0 Å². The van der Waals surface area contributed by atoms with Gasteiger partial charge in [0.1, 0.15) is 13.2 Å². The lowest BCUT2D eigenvalue weighted by molar-refractivity contribution is 0.163. The van der Waals surface area contributed by atoms with Crippen molar-refractivity contribution in [1.82, 2.24) is 10.2 Å². The Hall–Kier alpha value is -1.17. The van der Waals surface area contributed by atoms with Crippen LogP contribution >= 0.6 is 12.4 Å². The Morgan fingerprint density at radius 1 is 1.33 bits per heavy atom. The number of piperazine rings is 1. The normalized spacial score (nSPS) is 21.5. The van der Waals surface area contributed by atoms with Crippen LogP contribution in [0.2, 0.25) is 0 Å². The van der Waals surface area contributed by atoms with Gasteiger partial charge in [0.25, 0.3) is 0 Å². The van der Waals surface area contributed by atoms with Crippen LogP contribution in [0.1, 0.15) is 12.5 Å². The molecule has 118 valence electrons. The standard InChI is InChI=1S/C15H22N2O3.ClH/c1-11-9-17(4-3-16-11)10-12-7-13(18-2)15-14(8-12)19-5-6-20-15;/h7-8,11,16H,3-6,9-10H2,1-2H3;1H/t11-;/m0./s1. The van der Waals surface area contributed by atoms with Crippen LogP contribution in [-0.4, -0.2) is 50.9 Å². The molecule has 0 amide bonds. The van der Waals surface area contributed by atoms with E-state index in [1.165, 1.54) is 5.56 Å². The molecule has 1 aromatic carbocycles. The highest BCUT2D eigenvalue weighted by atomic mass is 35.5. The maximum absolute atomic E-state index is 5.68. The highest BCUT2D eigenvalue weighted by molar-refractivity contribution is 5.85. The largest absolute Gasteiger partial charge is 0.493 e. The Bertz CT molecular complexity index is 467. The summed E-state index contributed by atoms with van der Waals surface area (Å²) in [6, 6.07) is 4.67. The number of hydrogen-bond acceptors (Lipinski definition) is 5. The van der Waals surface area contributed by atoms with E-state index in [4.69, 9.17) is 14.2 Å². The first-order valence-electron chi connectivity index (χ1n) is 7.18. The molecule has 0 aromatic heterocycles. The first kappa shape index (κ1) is 16.2. The molecule has 3 rings (SSSR count). The molecule has 2 aliphatic heterocycles. The monoisotopic (exact) mass is 314 g/mol. The van der Waals surface area contributed by atoms with Crippen LogP contribution in [-0.2, 0) is 6.54 Å². The van der Waals surface area contributed by atoms with Crippen molar-refractivity contribution in [3.63, 3.8) is 0 Å². The van der Waals surface area contributed by atoms with Gasteiger partial charge in [-0.3, -0.25) is 4.90 Å². The maximum atomic E-state index is 5.68. The van der Waals surface area contributed by atoms with E-state index in [0.29, 0.717) is 19.3 Å². The fourth-order valence-corrected chi connectivity index (χ4v) is 2.83. The van der Waals surface area contributed by atoms with Gasteiger partial charge in [0.15, 0.2) is 11.5 Å². The molecule has 5 nitrogen and oxygen atoms in total. The van der Waals surface area contributed by atoms with Crippen molar-refractivity contribution in [2.45, 2.75) is 19.5 Å². The van der Waals surface area contributed by atoms with E-state index in [0.717, 1.165) is 43.4 Å². The lowest BCUT2D eigenvalue weighted by atomic mass is 10.1. The number of nitrogens with one attached hydrogen (secondary N) is 1. The van der Waals surface area contributed by atoms with Gasteiger partial charge in [-0.05, 0) is 24.6 Å². The fraction of sp³-hybridized carbons (Fsp3) is 0.600. The molecular formula is C15H23ClN2O3. The molecule has 0 unspecified atom stereocenters. The number of hydrogen-bond donors (Lipinski definition) is 1. The molecule has 2 aliphatic rings. The highest BCUT2D eigenvalue weighted by Gasteiger charge is 2.21. The van der Waals surface area contributed by atoms with Gasteiger partial charge in [-0.2, -0.15) is 0 Å². The number of fused-ring (bicyclic) bond motifs is 1. The molecule has 1 aromatic rings. The Balaban J connectivity index is 0.00000161. The molecule has 0 saturated carbocycles. The van der Waals surface area contributed by atoms with Gasteiger partial charge in [0.2, 0.25) is 5.75 Å². The Morgan fingerprint density at radius 3 is 2.90 bits per heavy atom. The van der Waals surface area contributed by atoms with Gasteiger partial charge < -0.3 is 19.5 Å². The predicted molar refractivity (Wildman–Crippen MR) is 84.0 cm³/mol. The van der Waals surface area contributed by atoms with Crippen LogP contribution in [0.15, 0.2) is 12.1 Å². The van der Waals surface area contributed by atoms with Crippen molar-refractivity contribution < 1.29 is 14.2 Å². The molecule has 0 radical (unpaired) electrons. The van der Waals surface area contributed by atoms with Crippen molar-refractivity contribution in [3.05, 3.63) is 17.7 Å². The summed E-state index contributed by atoms with van der Waals surface area (Å²) >= 11 is 0. The zero-order chi connectivity index (χ0) is 13.9. The van der Waals surface area contributed by atoms with Gasteiger partial charge in [-0.15, -0.1) is 12.4 Å². The summed E-state index contributed by atoms with van der Waals surface area (Å²) in [5.41, 5.74) is 1.21. The summed E-state index contributed by atoms with van der Waals surface area (Å²) in [6.45, 7) is 7.50. The third kappa shape index (κ3) is 3.73. The summed E-state index contributed by atoms with van der Waals surface area (Å²) in [5, 5.41) is 3.46. The second kappa shape index (κ2) is 7.20. The van der Waals surface area contributed by atoms with Crippen LogP contribution in [0.25, 0.3) is 0 Å². The molecule has 6 heteroatoms. The Kier molecular flexibility index (Phi) is 5.56. The van der Waals surface area contributed by atoms with Crippen LogP contribution in [0.3, 0.4) is 0 Å². The van der Waals surface area contributed by atoms with Crippen LogP contribution in [0.5, 0.6) is 17.2 Å². The molecule has 1 saturated heterocycles. The minimum Gasteiger partial charge on any atom is -0.493 e. The van der Waals surface area contributed by atoms with E-state index in [2.05, 4.69) is 29.3 Å². The highest BCUT2D eigenvalue weighted by Crippen LogP contribution is 2.40. The first-order valence-corrected chi connectivity index (χ1v) is 7.18. The number of benzene rings is 1. The average Bonchev–Trinajstić information content (AvgIpc) is 2.46. The lowest BCUT2D eigenvalue weighted by Crippen LogP contribution is -2.48. The first-order chi connectivity index (χ1) is 9.76. The second-order valence-electron chi connectivity index (χ2n) is 5.41. The van der Waals surface area contributed by atoms with Crippen molar-refractivity contribution in [2.24, 2.45) is 0 Å². The van der Waals surface area contributed by atoms with Crippen molar-refractivity contribution in [1.29, 1.82) is 0 Å². The number of nitrogens with zero attached hydrogens (tertiary/aromatic N) is 1. The predicted octanol–water partition coefficient (Wildman–Crippen LogP) is 1.68. The van der Waals surface area contributed by atoms with E-state index in [9.17, 15) is 0 Å². The topological polar surface area (TPSA) is 43.0 Å². The second-order valence-corrected chi connectivity index (χ2v) is 5.41. The van der Waals surface area contributed by atoms with E-state index in [1.807, 2.05) is 0 Å². The third-order valence-electron chi connectivity index (χ3n) is 3.75. The molecule has 0 bridgehead atoms. The number of ether oxygens (including phenoxy) is 3. The maximum Gasteiger partial charge on any atom is 0.203 e. The van der Waals surface area contributed by atoms with Crippen molar-refractivity contribution >= 4 is 12.4 Å². The molecule has 0 spiro atoms. The third-order valence-corrected chi connectivity index (χ3v) is 3.75. The van der Waals surface area contributed by atoms with Gasteiger partial charge in [-0.1, -0.05) is 0 Å². The molecule has 1 fully saturated rings. The summed E-state index contributed by atoms with van der Waals surface area (Å²) in [5.74, 6) is 2.30. The van der Waals surface area contributed by atoms with E-state index in [-0.39, 0.29) is 12.4 Å². The number of halogens is 1. The van der Waals surface area contributed by atoms with Gasteiger partial charge in [0.05, 0.1) is 7.11 Å². The van der Waals surface area contributed by atoms with E-state index in [1.54, 1.807) is 7.11 Å².